The van der Waals surface area contributed by atoms with Gasteiger partial charge in [-0.15, -0.1) is 0 Å². The van der Waals surface area contributed by atoms with Crippen LogP contribution in [0.15, 0.2) is 42.6 Å². The number of benzene rings is 1. The topological polar surface area (TPSA) is 38.0 Å². The maximum absolute atomic E-state index is 6.28. The summed E-state index contributed by atoms with van der Waals surface area (Å²) in [4.78, 5) is 0. The van der Waals surface area contributed by atoms with Gasteiger partial charge in [0.25, 0.3) is 0 Å². The Morgan fingerprint density at radius 1 is 1.38 bits per heavy atom. The maximum atomic E-state index is 6.28. The molecule has 0 aromatic heterocycles. The van der Waals surface area contributed by atoms with Crippen LogP contribution in [0.4, 0.5) is 0 Å². The zero-order chi connectivity index (χ0) is 11.6. The van der Waals surface area contributed by atoms with E-state index in [2.05, 4.69) is 24.4 Å². The van der Waals surface area contributed by atoms with E-state index < -0.39 is 5.54 Å². The minimum atomic E-state index is -0.422. The van der Waals surface area contributed by atoms with Crippen molar-refractivity contribution in [1.29, 1.82) is 0 Å². The van der Waals surface area contributed by atoms with Crippen molar-refractivity contribution < 1.29 is 0 Å². The van der Waals surface area contributed by atoms with Gasteiger partial charge < -0.3 is 11.1 Å². The molecule has 1 radical (unpaired) electrons. The smallest absolute Gasteiger partial charge is 0.0685 e. The van der Waals surface area contributed by atoms with Gasteiger partial charge in [-0.2, -0.15) is 0 Å². The Hall–Kier alpha value is -1.54. The predicted molar refractivity (Wildman–Crippen MR) is 68.6 cm³/mol. The highest BCUT2D eigenvalue weighted by molar-refractivity contribution is 5.80. The van der Waals surface area contributed by atoms with E-state index in [9.17, 15) is 0 Å². The molecule has 1 atom stereocenters. The number of rotatable bonds is 3. The van der Waals surface area contributed by atoms with Crippen LogP contribution >= 0.6 is 0 Å². The highest BCUT2D eigenvalue weighted by Crippen LogP contribution is 2.35. The summed E-state index contributed by atoms with van der Waals surface area (Å²) >= 11 is 0. The SMILES string of the molecule is CN/C=C(\c1ccccc1C)C1(N)[CH]C=C1. The second kappa shape index (κ2) is 4.14. The Bertz CT molecular complexity index is 446. The summed E-state index contributed by atoms with van der Waals surface area (Å²) in [5.74, 6) is 0. The van der Waals surface area contributed by atoms with Crippen molar-refractivity contribution in [3.63, 3.8) is 0 Å². The van der Waals surface area contributed by atoms with E-state index in [1.165, 1.54) is 11.1 Å². The van der Waals surface area contributed by atoms with Crippen LogP contribution in [0, 0.1) is 13.3 Å². The number of aryl methyl sites for hydroxylation is 1. The Kier molecular flexibility index (Phi) is 2.84. The third kappa shape index (κ3) is 1.76. The predicted octanol–water partition coefficient (Wildman–Crippen LogP) is 2.03. The van der Waals surface area contributed by atoms with Crippen molar-refractivity contribution >= 4 is 5.57 Å². The molecule has 16 heavy (non-hydrogen) atoms. The highest BCUT2D eigenvalue weighted by Gasteiger charge is 2.32. The molecule has 83 valence electrons. The summed E-state index contributed by atoms with van der Waals surface area (Å²) in [6, 6.07) is 8.29. The van der Waals surface area contributed by atoms with Crippen molar-refractivity contribution in [2.75, 3.05) is 7.05 Å². The lowest BCUT2D eigenvalue weighted by Crippen LogP contribution is -2.44. The van der Waals surface area contributed by atoms with E-state index in [4.69, 9.17) is 5.73 Å². The van der Waals surface area contributed by atoms with Crippen molar-refractivity contribution in [2.24, 2.45) is 5.73 Å². The summed E-state index contributed by atoms with van der Waals surface area (Å²) in [6.07, 6.45) is 8.00. The molecule has 1 aromatic carbocycles. The number of nitrogens with one attached hydrogen (secondary N) is 1. The molecule has 0 heterocycles. The maximum Gasteiger partial charge on any atom is 0.0685 e. The second-order valence-corrected chi connectivity index (χ2v) is 4.12. The first-order valence-corrected chi connectivity index (χ1v) is 5.44. The molecule has 0 aliphatic heterocycles. The summed E-state index contributed by atoms with van der Waals surface area (Å²) < 4.78 is 0. The highest BCUT2D eigenvalue weighted by atomic mass is 14.8. The van der Waals surface area contributed by atoms with Gasteiger partial charge in [0.15, 0.2) is 0 Å². The molecule has 2 heteroatoms. The van der Waals surface area contributed by atoms with Gasteiger partial charge in [0.2, 0.25) is 0 Å². The van der Waals surface area contributed by atoms with Crippen LogP contribution in [-0.4, -0.2) is 12.6 Å². The van der Waals surface area contributed by atoms with Crippen molar-refractivity contribution in [3.8, 4) is 0 Å². The molecule has 2 rings (SSSR count). The molecule has 1 aromatic rings. The van der Waals surface area contributed by atoms with Gasteiger partial charge in [-0.1, -0.05) is 36.4 Å². The normalized spacial score (nSPS) is 24.1. The molecule has 3 N–H and O–H groups in total. The minimum Gasteiger partial charge on any atom is -0.394 e. The van der Waals surface area contributed by atoms with E-state index in [0.717, 1.165) is 5.57 Å². The first-order chi connectivity index (χ1) is 7.67. The van der Waals surface area contributed by atoms with Crippen molar-refractivity contribution in [3.05, 3.63) is 60.2 Å². The Morgan fingerprint density at radius 2 is 2.06 bits per heavy atom. The van der Waals surface area contributed by atoms with Crippen LogP contribution < -0.4 is 11.1 Å². The lowest BCUT2D eigenvalue weighted by molar-refractivity contribution is 0.751. The quantitative estimate of drug-likeness (QED) is 0.806. The fourth-order valence-corrected chi connectivity index (χ4v) is 1.94. The fraction of sp³-hybridized carbons (Fsp3) is 0.214. The molecule has 0 saturated heterocycles. The zero-order valence-corrected chi connectivity index (χ0v) is 9.70. The fourth-order valence-electron chi connectivity index (χ4n) is 1.94. The zero-order valence-electron chi connectivity index (χ0n) is 9.70. The van der Waals surface area contributed by atoms with Gasteiger partial charge in [0.1, 0.15) is 0 Å². The first kappa shape index (κ1) is 11.0. The van der Waals surface area contributed by atoms with Crippen LogP contribution in [0.1, 0.15) is 11.1 Å². The Labute approximate surface area is 96.9 Å². The van der Waals surface area contributed by atoms with E-state index >= 15 is 0 Å². The number of hydrogen-bond donors (Lipinski definition) is 2. The largest absolute Gasteiger partial charge is 0.394 e. The van der Waals surface area contributed by atoms with E-state index in [0.29, 0.717) is 0 Å². The molecular weight excluding hydrogens is 196 g/mol. The summed E-state index contributed by atoms with van der Waals surface area (Å²) in [6.45, 7) is 2.10. The third-order valence-electron chi connectivity index (χ3n) is 2.93. The molecule has 0 bridgehead atoms. The molecular formula is C14H17N2. The number of hydrogen-bond acceptors (Lipinski definition) is 2. The summed E-state index contributed by atoms with van der Waals surface area (Å²) in [7, 11) is 1.89. The van der Waals surface area contributed by atoms with Gasteiger partial charge in [-0.25, -0.2) is 0 Å². The van der Waals surface area contributed by atoms with E-state index in [1.807, 2.05) is 44.0 Å². The van der Waals surface area contributed by atoms with Gasteiger partial charge in [-0.05, 0) is 23.6 Å². The van der Waals surface area contributed by atoms with Crippen molar-refractivity contribution in [2.45, 2.75) is 12.5 Å². The van der Waals surface area contributed by atoms with Crippen LogP contribution in [0.2, 0.25) is 0 Å². The molecule has 0 fully saturated rings. The average Bonchev–Trinajstić information content (AvgIpc) is 2.24. The minimum absolute atomic E-state index is 0.422. The molecule has 1 unspecified atom stereocenters. The molecule has 0 spiro atoms. The van der Waals surface area contributed by atoms with Crippen LogP contribution in [-0.2, 0) is 0 Å². The van der Waals surface area contributed by atoms with E-state index in [1.54, 1.807) is 0 Å². The first-order valence-electron chi connectivity index (χ1n) is 5.44. The summed E-state index contributed by atoms with van der Waals surface area (Å²) in [5, 5.41) is 3.07. The second-order valence-electron chi connectivity index (χ2n) is 4.12. The van der Waals surface area contributed by atoms with Gasteiger partial charge >= 0.3 is 0 Å². The molecule has 2 nitrogen and oxygen atoms in total. The van der Waals surface area contributed by atoms with Gasteiger partial charge in [0.05, 0.1) is 5.54 Å². The molecule has 1 aliphatic rings. The third-order valence-corrected chi connectivity index (χ3v) is 2.93. The Balaban J connectivity index is 2.46. The van der Waals surface area contributed by atoms with E-state index in [-0.39, 0.29) is 0 Å². The average molecular weight is 213 g/mol. The number of nitrogens with two attached hydrogens (primary N) is 1. The van der Waals surface area contributed by atoms with Gasteiger partial charge in [0, 0.05) is 19.7 Å². The van der Waals surface area contributed by atoms with Crippen LogP contribution in [0.5, 0.6) is 0 Å². The lowest BCUT2D eigenvalue weighted by atomic mass is 9.76. The lowest BCUT2D eigenvalue weighted by Gasteiger charge is -2.34. The van der Waals surface area contributed by atoms with Crippen molar-refractivity contribution in [1.82, 2.24) is 5.32 Å². The van der Waals surface area contributed by atoms with Crippen LogP contribution in [0.25, 0.3) is 5.57 Å². The van der Waals surface area contributed by atoms with Gasteiger partial charge in [-0.3, -0.25) is 0 Å². The monoisotopic (exact) mass is 213 g/mol. The molecule has 1 aliphatic carbocycles. The summed E-state index contributed by atoms with van der Waals surface area (Å²) in [5.41, 5.74) is 9.40. The van der Waals surface area contributed by atoms with Crippen LogP contribution in [0.3, 0.4) is 0 Å². The Morgan fingerprint density at radius 3 is 2.56 bits per heavy atom. The molecule has 0 saturated carbocycles. The standard InChI is InChI=1S/C14H17N2/c1-11-6-3-4-7-12(11)13(10-16-2)14(15)8-5-9-14/h3-10,16H,15H2,1-2H3/b13-10+. The molecule has 0 amide bonds.